The molecule has 0 saturated heterocycles. The highest BCUT2D eigenvalue weighted by Crippen LogP contribution is 2.31. The molecule has 0 heterocycles. The number of esters is 1. The van der Waals surface area contributed by atoms with Gasteiger partial charge in [-0.1, -0.05) is 30.3 Å². The Morgan fingerprint density at radius 3 is 2.21 bits per heavy atom. The molecule has 0 aliphatic carbocycles. The number of hydrazone groups is 1. The molecule has 1 amide bonds. The largest absolute Gasteiger partial charge is 0.493 e. The summed E-state index contributed by atoms with van der Waals surface area (Å²) in [6, 6.07) is 19.4. The summed E-state index contributed by atoms with van der Waals surface area (Å²) in [6.45, 7) is 0. The van der Waals surface area contributed by atoms with Gasteiger partial charge in [-0.05, 0) is 53.9 Å². The minimum Gasteiger partial charge on any atom is -0.493 e. The van der Waals surface area contributed by atoms with Gasteiger partial charge >= 0.3 is 5.97 Å². The zero-order chi connectivity index (χ0) is 24.3. The van der Waals surface area contributed by atoms with Gasteiger partial charge in [0.15, 0.2) is 23.0 Å². The summed E-state index contributed by atoms with van der Waals surface area (Å²) in [5, 5.41) is 3.99. The highest BCUT2D eigenvalue weighted by atomic mass is 16.6. The van der Waals surface area contributed by atoms with Crippen LogP contribution in [0, 0.1) is 0 Å². The minimum absolute atomic E-state index is 0.187. The van der Waals surface area contributed by atoms with Gasteiger partial charge in [-0.25, -0.2) is 10.2 Å². The molecule has 0 aliphatic heterocycles. The van der Waals surface area contributed by atoms with E-state index in [1.165, 1.54) is 33.6 Å². The van der Waals surface area contributed by atoms with Crippen LogP contribution in [0.1, 0.15) is 27.9 Å². The van der Waals surface area contributed by atoms with Gasteiger partial charge in [0.1, 0.15) is 0 Å². The summed E-state index contributed by atoms with van der Waals surface area (Å²) in [4.78, 5) is 24.6. The van der Waals surface area contributed by atoms with Crippen LogP contribution in [0.15, 0.2) is 71.8 Å². The number of rotatable bonds is 10. The maximum Gasteiger partial charge on any atom is 0.343 e. The van der Waals surface area contributed by atoms with Crippen molar-refractivity contribution in [3.05, 3.63) is 83.4 Å². The van der Waals surface area contributed by atoms with E-state index in [4.69, 9.17) is 18.9 Å². The molecule has 34 heavy (non-hydrogen) atoms. The van der Waals surface area contributed by atoms with E-state index >= 15 is 0 Å². The lowest BCUT2D eigenvalue weighted by Crippen LogP contribution is -2.17. The second-order valence-electron chi connectivity index (χ2n) is 7.15. The molecule has 0 bridgehead atoms. The number of ether oxygens (including phenoxy) is 4. The molecule has 0 spiro atoms. The number of hydrogen-bond donors (Lipinski definition) is 1. The molecule has 0 saturated carbocycles. The molecule has 0 atom stereocenters. The summed E-state index contributed by atoms with van der Waals surface area (Å²) in [5.41, 5.74) is 4.55. The first kappa shape index (κ1) is 24.3. The van der Waals surface area contributed by atoms with E-state index in [-0.39, 0.29) is 11.7 Å². The summed E-state index contributed by atoms with van der Waals surface area (Å²) >= 11 is 0. The second-order valence-corrected chi connectivity index (χ2v) is 7.15. The lowest BCUT2D eigenvalue weighted by Gasteiger charge is -2.11. The van der Waals surface area contributed by atoms with E-state index in [0.29, 0.717) is 41.2 Å². The summed E-state index contributed by atoms with van der Waals surface area (Å²) in [5.74, 6) is 0.743. The van der Waals surface area contributed by atoms with Gasteiger partial charge in [0, 0.05) is 6.42 Å². The van der Waals surface area contributed by atoms with E-state index in [1.54, 1.807) is 30.3 Å². The normalized spacial score (nSPS) is 10.6. The van der Waals surface area contributed by atoms with Gasteiger partial charge in [-0.3, -0.25) is 4.79 Å². The SMILES string of the molecule is COc1ccc(C(=O)Oc2ccc(/C=N\NC(=O)CCc3ccccc3)cc2OC)cc1OC. The Kier molecular flexibility index (Phi) is 8.62. The van der Waals surface area contributed by atoms with Crippen molar-refractivity contribution in [2.45, 2.75) is 12.8 Å². The Bertz CT molecular complexity index is 1160. The molecule has 0 aliphatic rings. The average Bonchev–Trinajstić information content (AvgIpc) is 2.88. The van der Waals surface area contributed by atoms with Crippen LogP contribution < -0.4 is 24.4 Å². The lowest BCUT2D eigenvalue weighted by atomic mass is 10.1. The predicted molar refractivity (Wildman–Crippen MR) is 128 cm³/mol. The molecular weight excluding hydrogens is 436 g/mol. The molecule has 176 valence electrons. The van der Waals surface area contributed by atoms with Crippen molar-refractivity contribution in [1.29, 1.82) is 0 Å². The van der Waals surface area contributed by atoms with E-state index in [0.717, 1.165) is 5.56 Å². The first-order chi connectivity index (χ1) is 16.5. The summed E-state index contributed by atoms with van der Waals surface area (Å²) in [7, 11) is 4.47. The number of amides is 1. The van der Waals surface area contributed by atoms with Gasteiger partial charge in [0.05, 0.1) is 33.1 Å². The highest BCUT2D eigenvalue weighted by Gasteiger charge is 2.15. The maximum absolute atomic E-state index is 12.6. The van der Waals surface area contributed by atoms with Crippen LogP contribution in [-0.4, -0.2) is 39.4 Å². The van der Waals surface area contributed by atoms with Crippen molar-refractivity contribution in [2.75, 3.05) is 21.3 Å². The fourth-order valence-electron chi connectivity index (χ4n) is 3.11. The van der Waals surface area contributed by atoms with Crippen molar-refractivity contribution in [3.8, 4) is 23.0 Å². The number of nitrogens with zero attached hydrogens (tertiary/aromatic N) is 1. The number of benzene rings is 3. The quantitative estimate of drug-likeness (QED) is 0.212. The van der Waals surface area contributed by atoms with Gasteiger partial charge in [0.25, 0.3) is 0 Å². The van der Waals surface area contributed by atoms with Crippen molar-refractivity contribution in [1.82, 2.24) is 5.43 Å². The Hall–Kier alpha value is -4.33. The van der Waals surface area contributed by atoms with Crippen LogP contribution in [0.3, 0.4) is 0 Å². The Morgan fingerprint density at radius 1 is 0.824 bits per heavy atom. The number of methoxy groups -OCH3 is 3. The zero-order valence-corrected chi connectivity index (χ0v) is 19.2. The third-order valence-corrected chi connectivity index (χ3v) is 4.90. The average molecular weight is 463 g/mol. The van der Waals surface area contributed by atoms with Crippen LogP contribution in [0.2, 0.25) is 0 Å². The number of carbonyl (C=O) groups is 2. The van der Waals surface area contributed by atoms with Crippen molar-refractivity contribution in [3.63, 3.8) is 0 Å². The number of aryl methyl sites for hydroxylation is 1. The molecule has 3 aromatic rings. The molecule has 0 unspecified atom stereocenters. The monoisotopic (exact) mass is 462 g/mol. The van der Waals surface area contributed by atoms with Crippen LogP contribution in [0.4, 0.5) is 0 Å². The number of carbonyl (C=O) groups excluding carboxylic acids is 2. The lowest BCUT2D eigenvalue weighted by molar-refractivity contribution is -0.121. The summed E-state index contributed by atoms with van der Waals surface area (Å²) in [6.07, 6.45) is 2.45. The molecule has 0 aromatic heterocycles. The van der Waals surface area contributed by atoms with Crippen LogP contribution in [-0.2, 0) is 11.2 Å². The topological polar surface area (TPSA) is 95.5 Å². The highest BCUT2D eigenvalue weighted by molar-refractivity contribution is 5.92. The number of hydrogen-bond acceptors (Lipinski definition) is 7. The first-order valence-corrected chi connectivity index (χ1v) is 10.5. The Morgan fingerprint density at radius 2 is 1.50 bits per heavy atom. The standard InChI is InChI=1S/C26H26N2O6/c1-31-21-13-11-20(16-24(21)33-3)26(30)34-22-12-9-19(15-23(22)32-2)17-27-28-25(29)14-10-18-7-5-4-6-8-18/h4-9,11-13,15-17H,10,14H2,1-3H3,(H,28,29)/b27-17-. The Balaban J connectivity index is 1.60. The molecular formula is C26H26N2O6. The third-order valence-electron chi connectivity index (χ3n) is 4.90. The second kappa shape index (κ2) is 12.1. The van der Waals surface area contributed by atoms with E-state index in [1.807, 2.05) is 30.3 Å². The fourth-order valence-corrected chi connectivity index (χ4v) is 3.11. The van der Waals surface area contributed by atoms with Gasteiger partial charge in [-0.2, -0.15) is 5.10 Å². The summed E-state index contributed by atoms with van der Waals surface area (Å²) < 4.78 is 21.3. The van der Waals surface area contributed by atoms with Crippen molar-refractivity contribution < 1.29 is 28.5 Å². The maximum atomic E-state index is 12.6. The van der Waals surface area contributed by atoms with Gasteiger partial charge < -0.3 is 18.9 Å². The molecule has 0 radical (unpaired) electrons. The molecule has 8 heteroatoms. The van der Waals surface area contributed by atoms with Crippen molar-refractivity contribution in [2.24, 2.45) is 5.10 Å². The third kappa shape index (κ3) is 6.59. The molecule has 0 fully saturated rings. The number of nitrogens with one attached hydrogen (secondary N) is 1. The van der Waals surface area contributed by atoms with Gasteiger partial charge in [-0.15, -0.1) is 0 Å². The zero-order valence-electron chi connectivity index (χ0n) is 19.2. The molecule has 8 nitrogen and oxygen atoms in total. The van der Waals surface area contributed by atoms with Crippen LogP contribution in [0.5, 0.6) is 23.0 Å². The fraction of sp³-hybridized carbons (Fsp3) is 0.192. The van der Waals surface area contributed by atoms with E-state index in [9.17, 15) is 9.59 Å². The van der Waals surface area contributed by atoms with Crippen molar-refractivity contribution >= 4 is 18.1 Å². The molecule has 3 rings (SSSR count). The minimum atomic E-state index is -0.577. The van der Waals surface area contributed by atoms with Crippen LogP contribution in [0.25, 0.3) is 0 Å². The predicted octanol–water partition coefficient (Wildman–Crippen LogP) is 4.01. The van der Waals surface area contributed by atoms with Gasteiger partial charge in [0.2, 0.25) is 5.91 Å². The molecule has 3 aromatic carbocycles. The molecule has 1 N–H and O–H groups in total. The van der Waals surface area contributed by atoms with Crippen LogP contribution >= 0.6 is 0 Å². The van der Waals surface area contributed by atoms with E-state index < -0.39 is 5.97 Å². The smallest absolute Gasteiger partial charge is 0.343 e. The Labute approximate surface area is 198 Å². The van der Waals surface area contributed by atoms with E-state index in [2.05, 4.69) is 10.5 Å². The first-order valence-electron chi connectivity index (χ1n) is 10.5.